The molecule has 0 bridgehead atoms. The third-order valence-corrected chi connectivity index (χ3v) is 11.4. The van der Waals surface area contributed by atoms with E-state index in [1.54, 1.807) is 26.8 Å². The van der Waals surface area contributed by atoms with Gasteiger partial charge in [-0.05, 0) is 101 Å². The lowest BCUT2D eigenvalue weighted by Crippen LogP contribution is -2.63. The molecule has 10 atom stereocenters. The van der Waals surface area contributed by atoms with E-state index in [4.69, 9.17) is 4.18 Å². The molecule has 3 fully saturated rings. The number of rotatable bonds is 7. The van der Waals surface area contributed by atoms with E-state index in [2.05, 4.69) is 0 Å². The Morgan fingerprint density at radius 1 is 1.13 bits per heavy atom. The molecule has 0 spiro atoms. The van der Waals surface area contributed by atoms with E-state index in [-0.39, 0.29) is 31.0 Å². The van der Waals surface area contributed by atoms with Crippen LogP contribution in [0, 0.1) is 28.6 Å². The Kier molecular flexibility index (Phi) is 7.38. The Bertz CT molecular complexity index is 1090. The summed E-state index contributed by atoms with van der Waals surface area (Å²) < 4.78 is 29.0. The van der Waals surface area contributed by atoms with Crippen LogP contribution in [-0.2, 0) is 19.1 Å². The zero-order valence-corrected chi connectivity index (χ0v) is 24.3. The molecule has 0 aromatic heterocycles. The van der Waals surface area contributed by atoms with Gasteiger partial charge >= 0.3 is 0 Å². The number of aliphatic hydroxyl groups excluding tert-OH is 2. The van der Waals surface area contributed by atoms with Crippen molar-refractivity contribution in [2.75, 3.05) is 6.26 Å². The highest BCUT2D eigenvalue weighted by molar-refractivity contribution is 7.86. The van der Waals surface area contributed by atoms with Gasteiger partial charge in [0.2, 0.25) is 0 Å². The van der Waals surface area contributed by atoms with E-state index in [0.29, 0.717) is 37.7 Å². The first-order chi connectivity index (χ1) is 17.2. The van der Waals surface area contributed by atoms with Crippen LogP contribution in [0.1, 0.15) is 86.0 Å². The van der Waals surface area contributed by atoms with Crippen LogP contribution in [0.25, 0.3) is 0 Å². The quantitative estimate of drug-likeness (QED) is 0.294. The van der Waals surface area contributed by atoms with Crippen LogP contribution < -0.4 is 0 Å². The first-order valence-corrected chi connectivity index (χ1v) is 15.6. The van der Waals surface area contributed by atoms with E-state index in [9.17, 15) is 38.7 Å². The first-order valence-electron chi connectivity index (χ1n) is 13.8. The lowest BCUT2D eigenvalue weighted by atomic mass is 9.45. The average molecular weight is 559 g/mol. The van der Waals surface area contributed by atoms with Gasteiger partial charge in [0.1, 0.15) is 6.10 Å². The summed E-state index contributed by atoms with van der Waals surface area (Å²) in [5.74, 6) is -1.37. The van der Waals surface area contributed by atoms with Crippen molar-refractivity contribution in [1.82, 2.24) is 0 Å². The summed E-state index contributed by atoms with van der Waals surface area (Å²) in [6.45, 7) is 8.77. The fourth-order valence-electron chi connectivity index (χ4n) is 8.62. The Morgan fingerprint density at radius 2 is 1.76 bits per heavy atom. The Morgan fingerprint density at radius 3 is 2.34 bits per heavy atom. The molecule has 3 saturated carbocycles. The largest absolute Gasteiger partial charge is 0.390 e. The maximum absolute atomic E-state index is 13.5. The molecule has 0 unspecified atom stereocenters. The number of carbonyl (C=O) groups is 1. The Labute approximate surface area is 226 Å². The molecule has 0 amide bonds. The summed E-state index contributed by atoms with van der Waals surface area (Å²) >= 11 is 0. The summed E-state index contributed by atoms with van der Waals surface area (Å²) in [5, 5.41) is 55.7. The monoisotopic (exact) mass is 558 g/mol. The molecular weight excluding hydrogens is 512 g/mol. The molecule has 9 nitrogen and oxygen atoms in total. The van der Waals surface area contributed by atoms with Crippen molar-refractivity contribution in [3.8, 4) is 0 Å². The Balaban J connectivity index is 1.66. The van der Waals surface area contributed by atoms with Crippen LogP contribution in [0.5, 0.6) is 0 Å². The fraction of sp³-hybridized carbons (Fsp3) is 0.893. The number of hydrogen-bond acceptors (Lipinski definition) is 9. The summed E-state index contributed by atoms with van der Waals surface area (Å²) in [6.07, 6.45) is 2.03. The molecule has 0 heterocycles. The minimum Gasteiger partial charge on any atom is -0.390 e. The average Bonchev–Trinajstić information content (AvgIpc) is 3.04. The van der Waals surface area contributed by atoms with Crippen molar-refractivity contribution in [1.29, 1.82) is 0 Å². The first kappa shape index (κ1) is 30.1. The van der Waals surface area contributed by atoms with E-state index in [0.717, 1.165) is 6.26 Å². The van der Waals surface area contributed by atoms with Crippen molar-refractivity contribution in [3.05, 3.63) is 11.6 Å². The number of fused-ring (bicyclic) bond motifs is 5. The minimum absolute atomic E-state index is 0.0935. The molecule has 4 aliphatic carbocycles. The third kappa shape index (κ3) is 4.82. The van der Waals surface area contributed by atoms with E-state index < -0.39 is 67.9 Å². The van der Waals surface area contributed by atoms with Gasteiger partial charge in [0.05, 0.1) is 35.3 Å². The molecule has 4 aliphatic rings. The van der Waals surface area contributed by atoms with Crippen molar-refractivity contribution in [3.63, 3.8) is 0 Å². The number of carbonyl (C=O) groups excluding carboxylic acids is 1. The zero-order chi connectivity index (χ0) is 28.7. The second kappa shape index (κ2) is 9.33. The zero-order valence-electron chi connectivity index (χ0n) is 23.5. The summed E-state index contributed by atoms with van der Waals surface area (Å²) in [4.78, 5) is 13.5. The van der Waals surface area contributed by atoms with Gasteiger partial charge in [-0.2, -0.15) is 8.42 Å². The van der Waals surface area contributed by atoms with Crippen molar-refractivity contribution in [2.45, 2.75) is 121 Å². The summed E-state index contributed by atoms with van der Waals surface area (Å²) in [5.41, 5.74) is -4.79. The standard InChI is InChI=1S/C28H46O9S/c1-24(2,32)10-9-23(31)27(5,33)22-8-12-28(34)17-13-19(29)18-14-20(30)21(37-38(6,35)36)15-25(18,3)16(17)7-11-26(22,28)4/h13,16,18,20-23,30-34H,7-12,14-15H2,1-6H3/t16-,18-,20+,21-,22-,23+,25+,26+,27+,28+/m0/s1. The van der Waals surface area contributed by atoms with Crippen LogP contribution in [-0.4, -0.2) is 81.1 Å². The number of hydrogen-bond donors (Lipinski definition) is 5. The van der Waals surface area contributed by atoms with E-state index >= 15 is 0 Å². The van der Waals surface area contributed by atoms with Crippen LogP contribution in [0.3, 0.4) is 0 Å². The summed E-state index contributed by atoms with van der Waals surface area (Å²) in [6, 6.07) is 0. The summed E-state index contributed by atoms with van der Waals surface area (Å²) in [7, 11) is -3.82. The molecule has 0 radical (unpaired) electrons. The lowest BCUT2D eigenvalue weighted by molar-refractivity contribution is -0.176. The van der Waals surface area contributed by atoms with E-state index in [1.165, 1.54) is 0 Å². The van der Waals surface area contributed by atoms with Gasteiger partial charge < -0.3 is 25.5 Å². The predicted octanol–water partition coefficient (Wildman–Crippen LogP) is 1.84. The maximum Gasteiger partial charge on any atom is 0.264 e. The topological polar surface area (TPSA) is 162 Å². The maximum atomic E-state index is 13.5. The van der Waals surface area contributed by atoms with Gasteiger partial charge in [-0.25, -0.2) is 0 Å². The van der Waals surface area contributed by atoms with Crippen LogP contribution in [0.2, 0.25) is 0 Å². The normalized spacial score (nSPS) is 43.9. The molecule has 38 heavy (non-hydrogen) atoms. The molecular formula is C28H46O9S. The highest BCUT2D eigenvalue weighted by Gasteiger charge is 2.69. The van der Waals surface area contributed by atoms with Crippen molar-refractivity contribution >= 4 is 15.9 Å². The highest BCUT2D eigenvalue weighted by Crippen LogP contribution is 2.68. The third-order valence-electron chi connectivity index (χ3n) is 10.8. The molecule has 5 N–H and O–H groups in total. The van der Waals surface area contributed by atoms with Gasteiger partial charge in [-0.3, -0.25) is 8.98 Å². The lowest BCUT2D eigenvalue weighted by Gasteiger charge is -2.60. The van der Waals surface area contributed by atoms with Crippen LogP contribution in [0.15, 0.2) is 11.6 Å². The molecule has 0 aromatic carbocycles. The van der Waals surface area contributed by atoms with Crippen LogP contribution >= 0.6 is 0 Å². The number of aliphatic hydroxyl groups is 5. The minimum atomic E-state index is -3.82. The van der Waals surface area contributed by atoms with Crippen molar-refractivity contribution in [2.24, 2.45) is 28.6 Å². The molecule has 4 rings (SSSR count). The highest BCUT2D eigenvalue weighted by atomic mass is 32.2. The molecule has 0 saturated heterocycles. The molecule has 0 aromatic rings. The number of allylic oxidation sites excluding steroid dienone is 1. The molecule has 218 valence electrons. The van der Waals surface area contributed by atoms with Crippen molar-refractivity contribution < 1.29 is 42.9 Å². The van der Waals surface area contributed by atoms with Gasteiger partial charge in [-0.1, -0.05) is 13.8 Å². The van der Waals surface area contributed by atoms with Gasteiger partial charge in [0, 0.05) is 11.3 Å². The molecule has 0 aliphatic heterocycles. The second-order valence-electron chi connectivity index (χ2n) is 14.0. The van der Waals surface area contributed by atoms with Gasteiger partial charge in [0.25, 0.3) is 10.1 Å². The van der Waals surface area contributed by atoms with E-state index in [1.807, 2.05) is 13.8 Å². The Hall–Kier alpha value is -0.880. The van der Waals surface area contributed by atoms with Gasteiger partial charge in [0.15, 0.2) is 5.78 Å². The fourth-order valence-corrected chi connectivity index (χ4v) is 9.27. The predicted molar refractivity (Wildman–Crippen MR) is 140 cm³/mol. The molecule has 10 heteroatoms. The van der Waals surface area contributed by atoms with Crippen LogP contribution in [0.4, 0.5) is 0 Å². The smallest absolute Gasteiger partial charge is 0.264 e. The number of ketones is 1. The van der Waals surface area contributed by atoms with Gasteiger partial charge in [-0.15, -0.1) is 0 Å². The second-order valence-corrected chi connectivity index (χ2v) is 15.6. The SMILES string of the molecule is CC(C)(O)CC[C@@H](O)[C@](C)(O)[C@H]1CC[C@@]2(O)C3=CC(=O)[C@@H]4C[C@@H](O)[C@@H](OS(C)(=O)=O)C[C@]4(C)[C@H]3CC[C@]12C.